The summed E-state index contributed by atoms with van der Waals surface area (Å²) >= 11 is 8.04. The molecule has 3 nitrogen and oxygen atoms in total. The van der Waals surface area contributed by atoms with Crippen LogP contribution in [0.15, 0.2) is 48.8 Å². The quantitative estimate of drug-likeness (QED) is 0.750. The summed E-state index contributed by atoms with van der Waals surface area (Å²) in [4.78, 5) is 9.99. The molecule has 0 aliphatic carbocycles. The molecule has 0 bridgehead atoms. The molecule has 2 aromatic carbocycles. The molecular formula is C17H16ClN3S. The largest absolute Gasteiger partial charge is 0.363 e. The Morgan fingerprint density at radius 2 is 2.05 bits per heavy atom. The number of thioether (sulfide) groups is 1. The third kappa shape index (κ3) is 2.57. The van der Waals surface area contributed by atoms with Gasteiger partial charge in [0.1, 0.15) is 0 Å². The lowest BCUT2D eigenvalue weighted by Crippen LogP contribution is -2.36. The first-order valence-corrected chi connectivity index (χ1v) is 8.87. The number of rotatable bonds is 2. The lowest BCUT2D eigenvalue weighted by molar-refractivity contribution is 0.687. The van der Waals surface area contributed by atoms with Gasteiger partial charge in [0.2, 0.25) is 0 Å². The Hall–Kier alpha value is -1.65. The van der Waals surface area contributed by atoms with Crippen molar-refractivity contribution in [3.05, 3.63) is 59.4 Å². The van der Waals surface area contributed by atoms with Crippen LogP contribution >= 0.6 is 23.4 Å². The third-order valence-corrected chi connectivity index (χ3v) is 5.39. The van der Waals surface area contributed by atoms with Crippen LogP contribution in [0.4, 0.5) is 5.69 Å². The molecule has 3 aromatic rings. The molecule has 1 N–H and O–H groups in total. The predicted octanol–water partition coefficient (Wildman–Crippen LogP) is 4.51. The van der Waals surface area contributed by atoms with Gasteiger partial charge in [-0.1, -0.05) is 23.7 Å². The van der Waals surface area contributed by atoms with Gasteiger partial charge in [0.05, 0.1) is 23.4 Å². The van der Waals surface area contributed by atoms with Gasteiger partial charge >= 0.3 is 0 Å². The van der Waals surface area contributed by atoms with Gasteiger partial charge < -0.3 is 9.88 Å². The van der Waals surface area contributed by atoms with Gasteiger partial charge in [-0.25, -0.2) is 4.98 Å². The number of imidazole rings is 1. The van der Waals surface area contributed by atoms with Crippen molar-refractivity contribution >= 4 is 40.1 Å². The fourth-order valence-electron chi connectivity index (χ4n) is 2.98. The van der Waals surface area contributed by atoms with E-state index < -0.39 is 0 Å². The van der Waals surface area contributed by atoms with E-state index in [1.54, 1.807) is 6.33 Å². The molecule has 0 radical (unpaired) electrons. The van der Waals surface area contributed by atoms with Crippen molar-refractivity contribution in [2.45, 2.75) is 6.04 Å². The fourth-order valence-corrected chi connectivity index (χ4v) is 4.19. The smallest absolute Gasteiger partial charge is 0.0931 e. The first-order valence-electron chi connectivity index (χ1n) is 7.34. The zero-order valence-corrected chi connectivity index (χ0v) is 13.6. The lowest BCUT2D eigenvalue weighted by Gasteiger charge is -2.37. The minimum absolute atomic E-state index is 0.386. The maximum absolute atomic E-state index is 6.03. The Morgan fingerprint density at radius 1 is 1.18 bits per heavy atom. The normalized spacial score (nSPS) is 18.8. The summed E-state index contributed by atoms with van der Waals surface area (Å²) in [5, 5.41) is 0.789. The number of aromatic amines is 1. The lowest BCUT2D eigenvalue weighted by atomic mass is 10.1. The van der Waals surface area contributed by atoms with E-state index in [1.165, 1.54) is 11.3 Å². The van der Waals surface area contributed by atoms with Crippen LogP contribution in [0.5, 0.6) is 0 Å². The van der Waals surface area contributed by atoms with E-state index in [-0.39, 0.29) is 0 Å². The Bertz CT molecular complexity index is 784. The van der Waals surface area contributed by atoms with Gasteiger partial charge in [0.15, 0.2) is 0 Å². The molecule has 1 atom stereocenters. The van der Waals surface area contributed by atoms with E-state index in [0.717, 1.165) is 34.1 Å². The van der Waals surface area contributed by atoms with Crippen molar-refractivity contribution in [3.8, 4) is 0 Å². The van der Waals surface area contributed by atoms with Gasteiger partial charge in [0.25, 0.3) is 0 Å². The molecule has 1 aliphatic heterocycles. The molecule has 5 heteroatoms. The summed E-state index contributed by atoms with van der Waals surface area (Å²) in [6, 6.07) is 15.1. The van der Waals surface area contributed by atoms with Crippen molar-refractivity contribution in [1.29, 1.82) is 0 Å². The topological polar surface area (TPSA) is 31.9 Å². The van der Waals surface area contributed by atoms with Gasteiger partial charge in [0, 0.05) is 28.8 Å². The van der Waals surface area contributed by atoms with Crippen LogP contribution in [0, 0.1) is 0 Å². The van der Waals surface area contributed by atoms with Crippen molar-refractivity contribution in [2.75, 3.05) is 23.0 Å². The Kier molecular flexibility index (Phi) is 3.72. The zero-order valence-electron chi connectivity index (χ0n) is 12.0. The highest BCUT2D eigenvalue weighted by molar-refractivity contribution is 7.99. The molecule has 1 fully saturated rings. The number of benzene rings is 2. The average molecular weight is 330 g/mol. The summed E-state index contributed by atoms with van der Waals surface area (Å²) < 4.78 is 0. The first kappa shape index (κ1) is 14.0. The SMILES string of the molecule is Clc1ccc(C2CSCCN2c2ccc3nc[nH]c3c2)cc1. The summed E-state index contributed by atoms with van der Waals surface area (Å²) in [5.41, 5.74) is 4.67. The summed E-state index contributed by atoms with van der Waals surface area (Å²) in [7, 11) is 0. The van der Waals surface area contributed by atoms with E-state index in [1.807, 2.05) is 23.9 Å². The molecule has 1 aliphatic rings. The first-order chi connectivity index (χ1) is 10.8. The molecule has 1 saturated heterocycles. The van der Waals surface area contributed by atoms with Crippen LogP contribution in [0.2, 0.25) is 5.02 Å². The van der Waals surface area contributed by atoms with Crippen molar-refractivity contribution < 1.29 is 0 Å². The number of anilines is 1. The predicted molar refractivity (Wildman–Crippen MR) is 95.0 cm³/mol. The maximum atomic E-state index is 6.03. The highest BCUT2D eigenvalue weighted by Crippen LogP contribution is 2.35. The molecule has 112 valence electrons. The second-order valence-corrected chi connectivity index (χ2v) is 7.03. The molecule has 4 rings (SSSR count). The van der Waals surface area contributed by atoms with Crippen molar-refractivity contribution in [3.63, 3.8) is 0 Å². The van der Waals surface area contributed by atoms with E-state index in [9.17, 15) is 0 Å². The summed E-state index contributed by atoms with van der Waals surface area (Å²) in [5.74, 6) is 2.26. The van der Waals surface area contributed by atoms with Crippen molar-refractivity contribution in [2.24, 2.45) is 0 Å². The van der Waals surface area contributed by atoms with Gasteiger partial charge in [-0.05, 0) is 35.9 Å². The fraction of sp³-hybridized carbons (Fsp3) is 0.235. The van der Waals surface area contributed by atoms with Crippen LogP contribution in [0.3, 0.4) is 0 Å². The Balaban J connectivity index is 1.71. The molecule has 2 heterocycles. The molecule has 0 saturated carbocycles. The number of nitrogens with zero attached hydrogens (tertiary/aromatic N) is 2. The molecule has 0 spiro atoms. The maximum Gasteiger partial charge on any atom is 0.0931 e. The van der Waals surface area contributed by atoms with Gasteiger partial charge in [-0.2, -0.15) is 11.8 Å². The molecule has 22 heavy (non-hydrogen) atoms. The highest BCUT2D eigenvalue weighted by Gasteiger charge is 2.24. The average Bonchev–Trinajstić information content (AvgIpc) is 3.03. The minimum Gasteiger partial charge on any atom is -0.363 e. The molecule has 1 unspecified atom stereocenters. The monoisotopic (exact) mass is 329 g/mol. The van der Waals surface area contributed by atoms with Crippen LogP contribution < -0.4 is 4.90 Å². The van der Waals surface area contributed by atoms with Gasteiger partial charge in [-0.15, -0.1) is 0 Å². The summed E-state index contributed by atoms with van der Waals surface area (Å²) in [6.45, 7) is 1.05. The number of hydrogen-bond donors (Lipinski definition) is 1. The molecular weight excluding hydrogens is 314 g/mol. The van der Waals surface area contributed by atoms with E-state index in [0.29, 0.717) is 6.04 Å². The Morgan fingerprint density at radius 3 is 2.91 bits per heavy atom. The van der Waals surface area contributed by atoms with E-state index in [4.69, 9.17) is 11.6 Å². The molecule has 1 aromatic heterocycles. The van der Waals surface area contributed by atoms with Crippen molar-refractivity contribution in [1.82, 2.24) is 9.97 Å². The third-order valence-electron chi connectivity index (χ3n) is 4.12. The number of halogens is 1. The van der Waals surface area contributed by atoms with E-state index >= 15 is 0 Å². The van der Waals surface area contributed by atoms with Crippen LogP contribution in [-0.2, 0) is 0 Å². The second kappa shape index (κ2) is 5.86. The zero-order chi connectivity index (χ0) is 14.9. The number of H-pyrrole nitrogens is 1. The number of fused-ring (bicyclic) bond motifs is 1. The van der Waals surface area contributed by atoms with Gasteiger partial charge in [-0.3, -0.25) is 0 Å². The highest BCUT2D eigenvalue weighted by atomic mass is 35.5. The standard InChI is InChI=1S/C17H16ClN3S/c18-13-3-1-12(2-4-13)17-10-22-8-7-21(17)14-5-6-15-16(9-14)20-11-19-15/h1-6,9,11,17H,7-8,10H2,(H,19,20). The minimum atomic E-state index is 0.386. The van der Waals surface area contributed by atoms with Crippen LogP contribution in [0.25, 0.3) is 11.0 Å². The van der Waals surface area contributed by atoms with Crippen LogP contribution in [0.1, 0.15) is 11.6 Å². The Labute approximate surface area is 138 Å². The number of aromatic nitrogens is 2. The number of hydrogen-bond acceptors (Lipinski definition) is 3. The van der Waals surface area contributed by atoms with E-state index in [2.05, 4.69) is 45.2 Å². The summed E-state index contributed by atoms with van der Waals surface area (Å²) in [6.07, 6.45) is 1.75. The second-order valence-electron chi connectivity index (χ2n) is 5.44. The molecule has 0 amide bonds. The van der Waals surface area contributed by atoms with Crippen LogP contribution in [-0.4, -0.2) is 28.0 Å². The number of nitrogens with one attached hydrogen (secondary N) is 1.